The van der Waals surface area contributed by atoms with E-state index in [1.165, 1.54) is 4.90 Å². The number of quaternary nitrogens is 1. The van der Waals surface area contributed by atoms with E-state index < -0.39 is 0 Å². The summed E-state index contributed by atoms with van der Waals surface area (Å²) in [4.78, 5) is 7.99. The molecular weight excluding hydrogens is 170 g/mol. The zero-order valence-electron chi connectivity index (χ0n) is 6.99. The maximum Gasteiger partial charge on any atom is 0.185 e. The third kappa shape index (κ3) is 1.59. The van der Waals surface area contributed by atoms with Crippen molar-refractivity contribution in [3.63, 3.8) is 0 Å². The molecule has 1 saturated heterocycles. The van der Waals surface area contributed by atoms with Crippen molar-refractivity contribution >= 4 is 16.5 Å². The van der Waals surface area contributed by atoms with Gasteiger partial charge in [0.15, 0.2) is 5.13 Å². The van der Waals surface area contributed by atoms with Crippen LogP contribution in [-0.2, 0) is 0 Å². The molecule has 0 atom stereocenters. The molecule has 0 aromatic carbocycles. The molecule has 0 saturated carbocycles. The Labute approximate surface area is 76.6 Å². The first-order valence-corrected chi connectivity index (χ1v) is 5.05. The first kappa shape index (κ1) is 8.01. The zero-order chi connectivity index (χ0) is 8.39. The number of piperazine rings is 1. The van der Waals surface area contributed by atoms with Crippen LogP contribution in [0.25, 0.3) is 0 Å². The van der Waals surface area contributed by atoms with Crippen molar-refractivity contribution in [2.75, 3.05) is 31.1 Å². The minimum atomic E-state index is 1.09. The SMILES string of the molecule is [CH2-][NH+]1CCN(c2nccs2)CC1. The Morgan fingerprint density at radius 1 is 1.50 bits per heavy atom. The van der Waals surface area contributed by atoms with Crippen molar-refractivity contribution < 1.29 is 4.90 Å². The van der Waals surface area contributed by atoms with Gasteiger partial charge in [0.05, 0.1) is 26.2 Å². The van der Waals surface area contributed by atoms with Crippen LogP contribution in [0.2, 0.25) is 0 Å². The highest BCUT2D eigenvalue weighted by Gasteiger charge is 2.15. The monoisotopic (exact) mass is 183 g/mol. The molecule has 0 radical (unpaired) electrons. The lowest BCUT2D eigenvalue weighted by atomic mass is 10.3. The fourth-order valence-corrected chi connectivity index (χ4v) is 2.08. The van der Waals surface area contributed by atoms with Crippen molar-refractivity contribution in [1.29, 1.82) is 0 Å². The molecular formula is C8H13N3S. The van der Waals surface area contributed by atoms with Crippen LogP contribution in [0.15, 0.2) is 11.6 Å². The summed E-state index contributed by atoms with van der Waals surface area (Å²) in [5.41, 5.74) is 0. The van der Waals surface area contributed by atoms with Gasteiger partial charge in [-0.1, -0.05) is 0 Å². The number of nitrogens with zero attached hydrogens (tertiary/aromatic N) is 2. The molecule has 4 heteroatoms. The van der Waals surface area contributed by atoms with E-state index in [-0.39, 0.29) is 0 Å². The lowest BCUT2D eigenvalue weighted by Crippen LogP contribution is -3.10. The minimum absolute atomic E-state index is 1.09. The van der Waals surface area contributed by atoms with E-state index in [2.05, 4.69) is 16.9 Å². The van der Waals surface area contributed by atoms with E-state index >= 15 is 0 Å². The van der Waals surface area contributed by atoms with Crippen molar-refractivity contribution in [3.05, 3.63) is 18.6 Å². The van der Waals surface area contributed by atoms with Crippen molar-refractivity contribution in [2.24, 2.45) is 0 Å². The summed E-state index contributed by atoms with van der Waals surface area (Å²) in [6, 6.07) is 0. The zero-order valence-corrected chi connectivity index (χ0v) is 7.81. The van der Waals surface area contributed by atoms with E-state index in [1.807, 2.05) is 11.6 Å². The average molecular weight is 183 g/mol. The Balaban J connectivity index is 1.99. The normalized spacial score (nSPS) is 19.9. The first-order valence-electron chi connectivity index (χ1n) is 4.17. The lowest BCUT2D eigenvalue weighted by molar-refractivity contribution is -0.854. The maximum atomic E-state index is 4.28. The fourth-order valence-electron chi connectivity index (χ4n) is 1.39. The smallest absolute Gasteiger partial charge is 0.185 e. The van der Waals surface area contributed by atoms with Gasteiger partial charge >= 0.3 is 0 Å². The quantitative estimate of drug-likeness (QED) is 0.600. The van der Waals surface area contributed by atoms with Gasteiger partial charge in [0.2, 0.25) is 0 Å². The summed E-state index contributed by atoms with van der Waals surface area (Å²) in [7, 11) is 3.99. The first-order chi connectivity index (χ1) is 5.86. The molecule has 1 aromatic heterocycles. The molecule has 66 valence electrons. The number of hydrogen-bond acceptors (Lipinski definition) is 3. The van der Waals surface area contributed by atoms with Gasteiger partial charge in [0, 0.05) is 11.6 Å². The van der Waals surface area contributed by atoms with Crippen LogP contribution in [0.4, 0.5) is 5.13 Å². The molecule has 2 heterocycles. The maximum absolute atomic E-state index is 4.28. The number of hydrogen-bond donors (Lipinski definition) is 1. The molecule has 0 unspecified atom stereocenters. The van der Waals surface area contributed by atoms with Crippen LogP contribution in [0.5, 0.6) is 0 Å². The number of thiazole rings is 1. The van der Waals surface area contributed by atoms with Gasteiger partial charge in [0.1, 0.15) is 0 Å². The fraction of sp³-hybridized carbons (Fsp3) is 0.500. The molecule has 0 amide bonds. The lowest BCUT2D eigenvalue weighted by Gasteiger charge is -2.33. The summed E-state index contributed by atoms with van der Waals surface area (Å²) in [5, 5.41) is 3.18. The van der Waals surface area contributed by atoms with Crippen LogP contribution in [0.3, 0.4) is 0 Å². The highest BCUT2D eigenvalue weighted by molar-refractivity contribution is 7.13. The summed E-state index contributed by atoms with van der Waals surface area (Å²) in [6.07, 6.45) is 1.86. The number of anilines is 1. The molecule has 1 aromatic rings. The van der Waals surface area contributed by atoms with Gasteiger partial charge < -0.3 is 9.80 Å². The molecule has 0 bridgehead atoms. The van der Waals surface area contributed by atoms with E-state index in [9.17, 15) is 0 Å². The van der Waals surface area contributed by atoms with E-state index in [0.717, 1.165) is 31.3 Å². The van der Waals surface area contributed by atoms with Gasteiger partial charge in [0.25, 0.3) is 0 Å². The van der Waals surface area contributed by atoms with E-state index in [0.29, 0.717) is 0 Å². The van der Waals surface area contributed by atoms with Gasteiger partial charge in [-0.2, -0.15) is 7.05 Å². The Bertz CT molecular complexity index is 226. The second-order valence-electron chi connectivity index (χ2n) is 3.05. The van der Waals surface area contributed by atoms with E-state index in [1.54, 1.807) is 11.3 Å². The van der Waals surface area contributed by atoms with Gasteiger partial charge in [-0.25, -0.2) is 4.98 Å². The predicted molar refractivity (Wildman–Crippen MR) is 50.4 cm³/mol. The van der Waals surface area contributed by atoms with Crippen molar-refractivity contribution in [1.82, 2.24) is 4.98 Å². The summed E-state index contributed by atoms with van der Waals surface area (Å²) >= 11 is 1.72. The van der Waals surface area contributed by atoms with Gasteiger partial charge in [-0.3, -0.25) is 0 Å². The summed E-state index contributed by atoms with van der Waals surface area (Å²) in [5.74, 6) is 0. The standard InChI is InChI=1S/C8H13N3S/c1-10-3-5-11(6-4-10)8-9-2-7-12-8/h2,7,10H,1,3-6H2. The Hall–Kier alpha value is -0.610. The molecule has 1 fully saturated rings. The molecule has 12 heavy (non-hydrogen) atoms. The molecule has 3 nitrogen and oxygen atoms in total. The average Bonchev–Trinajstić information content (AvgIpc) is 2.58. The molecule has 0 aliphatic carbocycles. The molecule has 1 N–H and O–H groups in total. The Morgan fingerprint density at radius 3 is 2.83 bits per heavy atom. The second-order valence-corrected chi connectivity index (χ2v) is 3.92. The Kier molecular flexibility index (Phi) is 2.28. The van der Waals surface area contributed by atoms with Crippen LogP contribution in [-0.4, -0.2) is 31.2 Å². The summed E-state index contributed by atoms with van der Waals surface area (Å²) < 4.78 is 0. The minimum Gasteiger partial charge on any atom is -0.465 e. The van der Waals surface area contributed by atoms with Gasteiger partial charge in [-0.15, -0.1) is 11.3 Å². The van der Waals surface area contributed by atoms with Crippen LogP contribution in [0, 0.1) is 7.05 Å². The molecule has 2 rings (SSSR count). The molecule has 0 spiro atoms. The molecule has 1 aliphatic heterocycles. The summed E-state index contributed by atoms with van der Waals surface area (Å²) in [6.45, 7) is 4.43. The third-order valence-corrected chi connectivity index (χ3v) is 2.99. The van der Waals surface area contributed by atoms with Crippen LogP contribution < -0.4 is 9.80 Å². The van der Waals surface area contributed by atoms with Crippen LogP contribution in [0.1, 0.15) is 0 Å². The Morgan fingerprint density at radius 2 is 2.25 bits per heavy atom. The molecule has 1 aliphatic rings. The largest absolute Gasteiger partial charge is 0.465 e. The van der Waals surface area contributed by atoms with Crippen molar-refractivity contribution in [2.45, 2.75) is 0 Å². The highest BCUT2D eigenvalue weighted by Crippen LogP contribution is 2.16. The number of rotatable bonds is 1. The van der Waals surface area contributed by atoms with Crippen LogP contribution >= 0.6 is 11.3 Å². The van der Waals surface area contributed by atoms with Crippen molar-refractivity contribution in [3.8, 4) is 0 Å². The highest BCUT2D eigenvalue weighted by atomic mass is 32.1. The van der Waals surface area contributed by atoms with Gasteiger partial charge in [-0.05, 0) is 0 Å². The predicted octanol–water partition coefficient (Wildman–Crippen LogP) is -0.360. The topological polar surface area (TPSA) is 20.6 Å². The number of nitrogens with one attached hydrogen (secondary N) is 1. The van der Waals surface area contributed by atoms with E-state index in [4.69, 9.17) is 0 Å². The second kappa shape index (κ2) is 3.41. The number of aromatic nitrogens is 1. The third-order valence-electron chi connectivity index (χ3n) is 2.16.